The molecule has 2 aromatic rings. The highest BCUT2D eigenvalue weighted by atomic mass is 32.1. The average molecular weight is 426 g/mol. The molecule has 30 heavy (non-hydrogen) atoms. The summed E-state index contributed by atoms with van der Waals surface area (Å²) >= 11 is 1.27. The number of amides is 1. The predicted octanol–water partition coefficient (Wildman–Crippen LogP) is 3.59. The molecule has 8 nitrogen and oxygen atoms in total. The van der Waals surface area contributed by atoms with Crippen LogP contribution >= 0.6 is 11.3 Å². The van der Waals surface area contributed by atoms with Crippen molar-refractivity contribution in [3.05, 3.63) is 34.9 Å². The van der Waals surface area contributed by atoms with Gasteiger partial charge in [0.1, 0.15) is 0 Å². The van der Waals surface area contributed by atoms with Crippen LogP contribution < -0.4 is 10.6 Å². The Morgan fingerprint density at radius 3 is 2.70 bits per heavy atom. The number of rotatable bonds is 5. The SMILES string of the molecule is CC1(C)C2CC[C@@H](CNc3nnc(NC(=O)c4ccc5c(c4)C(=O)OC5=O)s3)C1C2. The van der Waals surface area contributed by atoms with E-state index in [1.54, 1.807) is 0 Å². The number of anilines is 2. The average Bonchev–Trinajstić information content (AvgIpc) is 3.29. The van der Waals surface area contributed by atoms with Gasteiger partial charge in [0.15, 0.2) is 0 Å². The van der Waals surface area contributed by atoms with Crippen LogP contribution in [0.15, 0.2) is 18.2 Å². The molecule has 1 amide bonds. The molecule has 156 valence electrons. The van der Waals surface area contributed by atoms with Gasteiger partial charge >= 0.3 is 11.9 Å². The molecule has 4 aliphatic rings. The van der Waals surface area contributed by atoms with Gasteiger partial charge in [-0.1, -0.05) is 25.2 Å². The zero-order valence-electron chi connectivity index (χ0n) is 16.7. The Labute approximate surface area is 177 Å². The third kappa shape index (κ3) is 3.08. The summed E-state index contributed by atoms with van der Waals surface area (Å²) in [5, 5.41) is 15.3. The molecule has 0 saturated heterocycles. The molecule has 1 aromatic heterocycles. The van der Waals surface area contributed by atoms with Gasteiger partial charge in [0.05, 0.1) is 11.1 Å². The van der Waals surface area contributed by atoms with Crippen LogP contribution in [0.4, 0.5) is 10.3 Å². The molecular weight excluding hydrogens is 404 g/mol. The third-order valence-corrected chi connectivity index (χ3v) is 7.87. The normalized spacial score (nSPS) is 25.9. The van der Waals surface area contributed by atoms with E-state index in [0.717, 1.165) is 18.4 Å². The highest BCUT2D eigenvalue weighted by Gasteiger charge is 2.53. The minimum Gasteiger partial charge on any atom is -0.386 e. The number of cyclic esters (lactones) is 2. The van der Waals surface area contributed by atoms with E-state index in [4.69, 9.17) is 0 Å². The van der Waals surface area contributed by atoms with E-state index in [-0.39, 0.29) is 16.7 Å². The summed E-state index contributed by atoms with van der Waals surface area (Å²) in [4.78, 5) is 35.7. The Kier molecular flexibility index (Phi) is 4.39. The van der Waals surface area contributed by atoms with Gasteiger partial charge in [0, 0.05) is 12.1 Å². The highest BCUT2D eigenvalue weighted by molar-refractivity contribution is 7.19. The lowest BCUT2D eigenvalue weighted by Crippen LogP contribution is -2.53. The summed E-state index contributed by atoms with van der Waals surface area (Å²) in [7, 11) is 0. The molecule has 0 radical (unpaired) electrons. The lowest BCUT2D eigenvalue weighted by atomic mass is 9.45. The predicted molar refractivity (Wildman–Crippen MR) is 111 cm³/mol. The molecule has 2 unspecified atom stereocenters. The first kappa shape index (κ1) is 19.2. The summed E-state index contributed by atoms with van der Waals surface area (Å²) < 4.78 is 4.55. The Morgan fingerprint density at radius 2 is 1.93 bits per heavy atom. The fraction of sp³-hybridized carbons (Fsp3) is 0.476. The van der Waals surface area contributed by atoms with Crippen molar-refractivity contribution in [2.45, 2.75) is 33.1 Å². The van der Waals surface area contributed by atoms with Crippen LogP contribution in [0.5, 0.6) is 0 Å². The zero-order chi connectivity index (χ0) is 21.0. The topological polar surface area (TPSA) is 110 Å². The van der Waals surface area contributed by atoms with Gasteiger partial charge in [-0.25, -0.2) is 9.59 Å². The summed E-state index contributed by atoms with van der Waals surface area (Å²) in [5.74, 6) is 0.412. The summed E-state index contributed by atoms with van der Waals surface area (Å²) in [6.45, 7) is 5.63. The molecule has 6 rings (SSSR count). The molecule has 1 aliphatic heterocycles. The number of fused-ring (bicyclic) bond motifs is 3. The summed E-state index contributed by atoms with van der Waals surface area (Å²) in [6, 6.07) is 4.25. The number of hydrogen-bond donors (Lipinski definition) is 2. The number of nitrogens with zero attached hydrogens (tertiary/aromatic N) is 2. The largest absolute Gasteiger partial charge is 0.386 e. The molecule has 9 heteroatoms. The van der Waals surface area contributed by atoms with Crippen molar-refractivity contribution in [1.82, 2.24) is 10.2 Å². The van der Waals surface area contributed by atoms with Crippen molar-refractivity contribution in [2.75, 3.05) is 17.2 Å². The van der Waals surface area contributed by atoms with Gasteiger partial charge in [-0.3, -0.25) is 10.1 Å². The second-order valence-corrected chi connectivity index (χ2v) is 9.86. The quantitative estimate of drug-likeness (QED) is 0.555. The maximum atomic E-state index is 12.5. The number of benzene rings is 1. The molecule has 3 atom stereocenters. The number of hydrogen-bond acceptors (Lipinski definition) is 8. The number of carbonyl (C=O) groups is 3. The number of aromatic nitrogens is 2. The smallest absolute Gasteiger partial charge is 0.346 e. The van der Waals surface area contributed by atoms with Gasteiger partial charge < -0.3 is 10.1 Å². The maximum absolute atomic E-state index is 12.5. The fourth-order valence-electron chi connectivity index (χ4n) is 5.17. The van der Waals surface area contributed by atoms with Gasteiger partial charge in [0.2, 0.25) is 10.3 Å². The Balaban J connectivity index is 1.20. The van der Waals surface area contributed by atoms with Crippen LogP contribution in [-0.4, -0.2) is 34.6 Å². The van der Waals surface area contributed by atoms with Crippen molar-refractivity contribution in [3.8, 4) is 0 Å². The van der Waals surface area contributed by atoms with Gasteiger partial charge in [-0.2, -0.15) is 0 Å². The number of ether oxygens (including phenoxy) is 1. The van der Waals surface area contributed by atoms with E-state index in [1.165, 1.54) is 48.8 Å². The van der Waals surface area contributed by atoms with Crippen LogP contribution in [0.1, 0.15) is 64.2 Å². The monoisotopic (exact) mass is 426 g/mol. The lowest BCUT2D eigenvalue weighted by Gasteiger charge is -2.60. The Bertz CT molecular complexity index is 1060. The van der Waals surface area contributed by atoms with E-state index in [9.17, 15) is 14.4 Å². The number of esters is 2. The molecule has 3 aliphatic carbocycles. The van der Waals surface area contributed by atoms with Crippen molar-refractivity contribution in [1.29, 1.82) is 0 Å². The van der Waals surface area contributed by atoms with Crippen molar-refractivity contribution >= 4 is 39.4 Å². The lowest BCUT2D eigenvalue weighted by molar-refractivity contribution is -0.100. The third-order valence-electron chi connectivity index (χ3n) is 7.07. The number of nitrogens with one attached hydrogen (secondary N) is 2. The molecule has 3 saturated carbocycles. The standard InChI is InChI=1S/C21H22N4O4S/c1-21(2)12-5-3-11(15(21)8-12)9-22-19-24-25-20(30-19)23-16(26)10-4-6-13-14(7-10)18(28)29-17(13)27/h4,6-7,11-12,15H,3,5,8-9H2,1-2H3,(H,22,24)(H,23,25,26)/t11-,12?,15?/m0/s1. The number of carbonyl (C=O) groups excluding carboxylic acids is 3. The fourth-order valence-corrected chi connectivity index (χ4v) is 5.81. The molecular formula is C21H22N4O4S. The highest BCUT2D eigenvalue weighted by Crippen LogP contribution is 2.61. The Hall–Kier alpha value is -2.81. The molecule has 2 heterocycles. The van der Waals surface area contributed by atoms with Crippen LogP contribution in [0.2, 0.25) is 0 Å². The second-order valence-electron chi connectivity index (χ2n) is 8.88. The zero-order valence-corrected chi connectivity index (χ0v) is 17.5. The van der Waals surface area contributed by atoms with Crippen LogP contribution in [-0.2, 0) is 4.74 Å². The molecule has 0 spiro atoms. The van der Waals surface area contributed by atoms with Crippen LogP contribution in [0.25, 0.3) is 0 Å². The summed E-state index contributed by atoms with van der Waals surface area (Å²) in [5.41, 5.74) is 0.954. The first-order chi connectivity index (χ1) is 14.3. The van der Waals surface area contributed by atoms with Gasteiger partial charge in [0.25, 0.3) is 5.91 Å². The van der Waals surface area contributed by atoms with E-state index in [2.05, 4.69) is 39.4 Å². The van der Waals surface area contributed by atoms with Gasteiger partial charge in [-0.15, -0.1) is 10.2 Å². The van der Waals surface area contributed by atoms with Crippen molar-refractivity contribution in [3.63, 3.8) is 0 Å². The maximum Gasteiger partial charge on any atom is 0.346 e. The van der Waals surface area contributed by atoms with Crippen LogP contribution in [0, 0.1) is 23.2 Å². The minimum absolute atomic E-state index is 0.0981. The van der Waals surface area contributed by atoms with Crippen molar-refractivity contribution < 1.29 is 19.1 Å². The van der Waals surface area contributed by atoms with E-state index >= 15 is 0 Å². The second kappa shape index (κ2) is 6.87. The van der Waals surface area contributed by atoms with E-state index in [1.807, 2.05) is 0 Å². The van der Waals surface area contributed by atoms with E-state index in [0.29, 0.717) is 21.6 Å². The molecule has 2 N–H and O–H groups in total. The molecule has 2 bridgehead atoms. The minimum atomic E-state index is -0.740. The Morgan fingerprint density at radius 1 is 1.17 bits per heavy atom. The molecule has 1 aromatic carbocycles. The van der Waals surface area contributed by atoms with E-state index < -0.39 is 17.8 Å². The summed E-state index contributed by atoms with van der Waals surface area (Å²) in [6.07, 6.45) is 3.88. The first-order valence-electron chi connectivity index (χ1n) is 10.1. The molecule has 3 fully saturated rings. The van der Waals surface area contributed by atoms with Crippen molar-refractivity contribution in [2.24, 2.45) is 23.2 Å². The first-order valence-corrected chi connectivity index (χ1v) is 10.9. The van der Waals surface area contributed by atoms with Crippen LogP contribution in [0.3, 0.4) is 0 Å². The van der Waals surface area contributed by atoms with Gasteiger partial charge in [-0.05, 0) is 60.6 Å².